The minimum absolute atomic E-state index is 0.244. The van der Waals surface area contributed by atoms with Gasteiger partial charge in [0.2, 0.25) is 0 Å². The van der Waals surface area contributed by atoms with Gasteiger partial charge in [-0.15, -0.1) is 0 Å². The van der Waals surface area contributed by atoms with Gasteiger partial charge >= 0.3 is 5.97 Å². The molecule has 0 aliphatic rings. The first-order chi connectivity index (χ1) is 14.0. The predicted molar refractivity (Wildman–Crippen MR) is 104 cm³/mol. The van der Waals surface area contributed by atoms with Crippen LogP contribution in [0.1, 0.15) is 18.1 Å². The number of methoxy groups -OCH3 is 2. The number of rotatable bonds is 9. The van der Waals surface area contributed by atoms with Crippen LogP contribution in [0.25, 0.3) is 0 Å². The third-order valence-electron chi connectivity index (χ3n) is 3.91. The van der Waals surface area contributed by atoms with E-state index in [1.165, 1.54) is 14.0 Å². The van der Waals surface area contributed by atoms with Gasteiger partial charge in [0.05, 0.1) is 25.9 Å². The lowest BCUT2D eigenvalue weighted by Crippen LogP contribution is -2.32. The fourth-order valence-electron chi connectivity index (χ4n) is 2.36. The van der Waals surface area contributed by atoms with Gasteiger partial charge < -0.3 is 24.3 Å². The quantitative estimate of drug-likeness (QED) is 0.645. The molecular weight excluding hydrogens is 376 g/mol. The van der Waals surface area contributed by atoms with Crippen molar-refractivity contribution in [2.75, 3.05) is 20.8 Å². The third-order valence-corrected chi connectivity index (χ3v) is 3.91. The van der Waals surface area contributed by atoms with Gasteiger partial charge in [-0.2, -0.15) is 5.26 Å². The molecule has 1 unspecified atom stereocenters. The molecule has 0 spiro atoms. The molecular formula is C21H22N2O6. The summed E-state index contributed by atoms with van der Waals surface area (Å²) in [4.78, 5) is 23.9. The Hall–Kier alpha value is -3.73. The Kier molecular flexibility index (Phi) is 7.86. The van der Waals surface area contributed by atoms with E-state index in [1.807, 2.05) is 6.07 Å². The van der Waals surface area contributed by atoms with Gasteiger partial charge in [-0.25, -0.2) is 4.79 Å². The molecule has 0 aliphatic carbocycles. The Morgan fingerprint density at radius 2 is 1.76 bits per heavy atom. The highest BCUT2D eigenvalue weighted by atomic mass is 16.6. The van der Waals surface area contributed by atoms with Gasteiger partial charge in [0.25, 0.3) is 5.91 Å². The third kappa shape index (κ3) is 6.43. The molecule has 8 nitrogen and oxygen atoms in total. The van der Waals surface area contributed by atoms with Gasteiger partial charge in [0.1, 0.15) is 5.75 Å². The molecule has 1 amide bonds. The Labute approximate surface area is 168 Å². The number of nitriles is 1. The average molecular weight is 398 g/mol. The summed E-state index contributed by atoms with van der Waals surface area (Å²) in [7, 11) is 3.07. The monoisotopic (exact) mass is 398 g/mol. The summed E-state index contributed by atoms with van der Waals surface area (Å²) >= 11 is 0. The molecule has 29 heavy (non-hydrogen) atoms. The van der Waals surface area contributed by atoms with Crippen LogP contribution >= 0.6 is 0 Å². The van der Waals surface area contributed by atoms with Crippen LogP contribution in [0, 0.1) is 11.3 Å². The summed E-state index contributed by atoms with van der Waals surface area (Å²) in [5, 5.41) is 11.4. The van der Waals surface area contributed by atoms with E-state index in [0.29, 0.717) is 22.8 Å². The van der Waals surface area contributed by atoms with E-state index in [2.05, 4.69) is 5.32 Å². The molecule has 0 heterocycles. The van der Waals surface area contributed by atoms with Crippen LogP contribution in [-0.2, 0) is 20.9 Å². The van der Waals surface area contributed by atoms with Crippen molar-refractivity contribution in [1.82, 2.24) is 5.32 Å². The van der Waals surface area contributed by atoms with E-state index in [-0.39, 0.29) is 6.54 Å². The highest BCUT2D eigenvalue weighted by Crippen LogP contribution is 2.27. The number of carbonyl (C=O) groups excluding carboxylic acids is 2. The number of nitrogens with one attached hydrogen (secondary N) is 1. The van der Waals surface area contributed by atoms with Crippen LogP contribution < -0.4 is 19.5 Å². The number of esters is 1. The standard InChI is InChI=1S/C21H22N2O6/c1-14(29-17-7-4-15(11-22)5-8-17)21(25)28-13-20(24)23-12-16-6-9-18(26-2)19(10-16)27-3/h4-10,14H,12-13H2,1-3H3,(H,23,24). The molecule has 1 N–H and O–H groups in total. The lowest BCUT2D eigenvalue weighted by molar-refractivity contribution is -0.154. The zero-order chi connectivity index (χ0) is 21.2. The molecule has 2 aromatic carbocycles. The van der Waals surface area contributed by atoms with Crippen molar-refractivity contribution >= 4 is 11.9 Å². The maximum Gasteiger partial charge on any atom is 0.347 e. The van der Waals surface area contributed by atoms with Crippen LogP contribution in [0.4, 0.5) is 0 Å². The molecule has 0 bridgehead atoms. The van der Waals surface area contributed by atoms with Crippen LogP contribution in [0.2, 0.25) is 0 Å². The van der Waals surface area contributed by atoms with Crippen molar-refractivity contribution in [2.45, 2.75) is 19.6 Å². The first-order valence-electron chi connectivity index (χ1n) is 8.78. The molecule has 0 saturated carbocycles. The zero-order valence-electron chi connectivity index (χ0n) is 16.4. The number of hydrogen-bond acceptors (Lipinski definition) is 7. The smallest absolute Gasteiger partial charge is 0.347 e. The SMILES string of the molecule is COc1ccc(CNC(=O)COC(=O)C(C)Oc2ccc(C#N)cc2)cc1OC. The molecule has 2 aromatic rings. The van der Waals surface area contributed by atoms with Crippen LogP contribution in [0.5, 0.6) is 17.2 Å². The van der Waals surface area contributed by atoms with Crippen molar-refractivity contribution < 1.29 is 28.5 Å². The number of ether oxygens (including phenoxy) is 4. The molecule has 1 atom stereocenters. The number of nitrogens with zero attached hydrogens (tertiary/aromatic N) is 1. The molecule has 0 fully saturated rings. The zero-order valence-corrected chi connectivity index (χ0v) is 16.4. The maximum atomic E-state index is 12.0. The number of carbonyl (C=O) groups is 2. The number of amides is 1. The van der Waals surface area contributed by atoms with Crippen molar-refractivity contribution in [3.63, 3.8) is 0 Å². The summed E-state index contributed by atoms with van der Waals surface area (Å²) in [5.41, 5.74) is 1.29. The minimum atomic E-state index is -0.901. The minimum Gasteiger partial charge on any atom is -0.493 e. The van der Waals surface area contributed by atoms with Crippen LogP contribution in [0.15, 0.2) is 42.5 Å². The number of hydrogen-bond donors (Lipinski definition) is 1. The second kappa shape index (κ2) is 10.6. The molecule has 0 aliphatic heterocycles. The van der Waals surface area contributed by atoms with E-state index in [1.54, 1.807) is 49.6 Å². The Bertz CT molecular complexity index is 889. The van der Waals surface area contributed by atoms with E-state index >= 15 is 0 Å². The Morgan fingerprint density at radius 1 is 1.07 bits per heavy atom. The summed E-state index contributed by atoms with van der Waals surface area (Å²) in [5.74, 6) is 0.452. The van der Waals surface area contributed by atoms with E-state index in [4.69, 9.17) is 24.2 Å². The summed E-state index contributed by atoms with van der Waals surface area (Å²) in [6, 6.07) is 13.6. The second-order valence-corrected chi connectivity index (χ2v) is 5.97. The Balaban J connectivity index is 1.77. The summed E-state index contributed by atoms with van der Waals surface area (Å²) < 4.78 is 20.8. The van der Waals surface area contributed by atoms with Gasteiger partial charge in [-0.05, 0) is 48.9 Å². The Morgan fingerprint density at radius 3 is 2.38 bits per heavy atom. The second-order valence-electron chi connectivity index (χ2n) is 5.97. The van der Waals surface area contributed by atoms with Crippen molar-refractivity contribution in [2.24, 2.45) is 0 Å². The van der Waals surface area contributed by atoms with E-state index < -0.39 is 24.6 Å². The summed E-state index contributed by atoms with van der Waals surface area (Å²) in [6.45, 7) is 1.34. The first kappa shape index (κ1) is 21.6. The van der Waals surface area contributed by atoms with Gasteiger partial charge in [0.15, 0.2) is 24.2 Å². The summed E-state index contributed by atoms with van der Waals surface area (Å²) in [6.07, 6.45) is -0.901. The normalized spacial score (nSPS) is 11.0. The number of benzene rings is 2. The highest BCUT2D eigenvalue weighted by molar-refractivity contribution is 5.82. The molecule has 0 radical (unpaired) electrons. The molecule has 0 aromatic heterocycles. The first-order valence-corrected chi connectivity index (χ1v) is 8.78. The van der Waals surface area contributed by atoms with Gasteiger partial charge in [0, 0.05) is 6.54 Å². The molecule has 2 rings (SSSR count). The van der Waals surface area contributed by atoms with E-state index in [9.17, 15) is 9.59 Å². The molecule has 0 saturated heterocycles. The van der Waals surface area contributed by atoms with Crippen LogP contribution in [-0.4, -0.2) is 38.8 Å². The highest BCUT2D eigenvalue weighted by Gasteiger charge is 2.18. The van der Waals surface area contributed by atoms with Gasteiger partial charge in [-0.1, -0.05) is 6.07 Å². The topological polar surface area (TPSA) is 107 Å². The fourth-order valence-corrected chi connectivity index (χ4v) is 2.36. The lowest BCUT2D eigenvalue weighted by atomic mass is 10.2. The molecule has 152 valence electrons. The van der Waals surface area contributed by atoms with Gasteiger partial charge in [-0.3, -0.25) is 4.79 Å². The van der Waals surface area contributed by atoms with Crippen molar-refractivity contribution in [3.8, 4) is 23.3 Å². The maximum absolute atomic E-state index is 12.0. The molecule has 8 heteroatoms. The van der Waals surface area contributed by atoms with E-state index in [0.717, 1.165) is 5.56 Å². The predicted octanol–water partition coefficient (Wildman–Crippen LogP) is 2.20. The van der Waals surface area contributed by atoms with Crippen LogP contribution in [0.3, 0.4) is 0 Å². The fraction of sp³-hybridized carbons (Fsp3) is 0.286. The largest absolute Gasteiger partial charge is 0.493 e. The lowest BCUT2D eigenvalue weighted by Gasteiger charge is -2.14. The van der Waals surface area contributed by atoms with Crippen molar-refractivity contribution in [3.05, 3.63) is 53.6 Å². The average Bonchev–Trinajstić information content (AvgIpc) is 2.76. The van der Waals surface area contributed by atoms with Crippen molar-refractivity contribution in [1.29, 1.82) is 5.26 Å².